The van der Waals surface area contributed by atoms with Gasteiger partial charge in [0.2, 0.25) is 21.8 Å². The molecule has 0 unspecified atom stereocenters. The van der Waals surface area contributed by atoms with E-state index in [2.05, 4.69) is 5.32 Å². The maximum absolute atomic E-state index is 14.1. The Balaban J connectivity index is 1.70. The summed E-state index contributed by atoms with van der Waals surface area (Å²) in [6.07, 6.45) is 1.06. The number of halogens is 3. The Kier molecular flexibility index (Phi) is 11.2. The summed E-state index contributed by atoms with van der Waals surface area (Å²) < 4.78 is 26.7. The maximum Gasteiger partial charge on any atom is 0.247 e. The second-order valence-corrected chi connectivity index (χ2v) is 13.2. The zero-order valence-electron chi connectivity index (χ0n) is 23.3. The molecule has 1 atom stereocenters. The van der Waals surface area contributed by atoms with Gasteiger partial charge in [0, 0.05) is 34.7 Å². The normalized spacial score (nSPS) is 12.1. The minimum absolute atomic E-state index is 0.00252. The summed E-state index contributed by atoms with van der Waals surface area (Å²) in [7, 11) is -3.79. The molecule has 7 nitrogen and oxygen atoms in total. The molecule has 0 aliphatic carbocycles. The van der Waals surface area contributed by atoms with Crippen LogP contribution in [-0.4, -0.2) is 42.2 Å². The summed E-state index contributed by atoms with van der Waals surface area (Å²) in [6, 6.07) is 28.6. The van der Waals surface area contributed by atoms with Crippen molar-refractivity contribution in [3.8, 4) is 0 Å². The van der Waals surface area contributed by atoms with E-state index in [1.807, 2.05) is 12.1 Å². The Hall–Kier alpha value is -3.40. The molecule has 43 heavy (non-hydrogen) atoms. The lowest BCUT2D eigenvalue weighted by Crippen LogP contribution is -2.47. The zero-order valence-corrected chi connectivity index (χ0v) is 26.4. The monoisotopic (exact) mass is 657 g/mol. The van der Waals surface area contributed by atoms with E-state index in [4.69, 9.17) is 34.8 Å². The van der Waals surface area contributed by atoms with Crippen LogP contribution in [0.5, 0.6) is 0 Å². The maximum atomic E-state index is 14.1. The molecular weight excluding hydrogens is 629 g/mol. The summed E-state index contributed by atoms with van der Waals surface area (Å²) in [6.45, 7) is -0.364. The fourth-order valence-electron chi connectivity index (χ4n) is 4.48. The van der Waals surface area contributed by atoms with E-state index in [0.29, 0.717) is 31.8 Å². The largest absolute Gasteiger partial charge is 0.350 e. The van der Waals surface area contributed by atoms with Crippen molar-refractivity contribution in [2.24, 2.45) is 0 Å². The first-order valence-electron chi connectivity index (χ1n) is 13.3. The number of hydrogen-bond donors (Lipinski definition) is 1. The van der Waals surface area contributed by atoms with Crippen LogP contribution in [0.4, 0.5) is 0 Å². The lowest BCUT2D eigenvalue weighted by atomic mass is 10.0. The first-order valence-corrected chi connectivity index (χ1v) is 16.3. The van der Waals surface area contributed by atoms with Crippen LogP contribution >= 0.6 is 34.8 Å². The van der Waals surface area contributed by atoms with Crippen LogP contribution in [-0.2, 0) is 39.2 Å². The van der Waals surface area contributed by atoms with E-state index >= 15 is 0 Å². The van der Waals surface area contributed by atoms with Crippen molar-refractivity contribution < 1.29 is 18.0 Å². The number of sulfonamides is 1. The topological polar surface area (TPSA) is 86.8 Å². The van der Waals surface area contributed by atoms with Crippen LogP contribution in [0.2, 0.25) is 15.1 Å². The second kappa shape index (κ2) is 14.9. The number of carbonyl (C=O) groups is 2. The Morgan fingerprint density at radius 2 is 1.35 bits per heavy atom. The third kappa shape index (κ3) is 9.29. The Morgan fingerprint density at radius 3 is 1.95 bits per heavy atom. The number of hydrogen-bond acceptors (Lipinski definition) is 4. The highest BCUT2D eigenvalue weighted by molar-refractivity contribution is 7.88. The van der Waals surface area contributed by atoms with E-state index < -0.39 is 34.4 Å². The molecular formula is C32H30Cl3N3O4S. The van der Waals surface area contributed by atoms with Gasteiger partial charge in [-0.1, -0.05) is 114 Å². The van der Waals surface area contributed by atoms with E-state index in [1.54, 1.807) is 91.0 Å². The fourth-order valence-corrected chi connectivity index (χ4v) is 5.81. The van der Waals surface area contributed by atoms with Gasteiger partial charge in [-0.15, -0.1) is 0 Å². The van der Waals surface area contributed by atoms with Crippen LogP contribution in [0.3, 0.4) is 0 Å². The van der Waals surface area contributed by atoms with Crippen molar-refractivity contribution in [3.63, 3.8) is 0 Å². The van der Waals surface area contributed by atoms with Crippen LogP contribution in [0.25, 0.3) is 0 Å². The molecule has 4 rings (SSSR count). The predicted molar refractivity (Wildman–Crippen MR) is 171 cm³/mol. The first kappa shape index (κ1) is 32.5. The number of carbonyl (C=O) groups excluding carboxylic acids is 2. The molecule has 0 radical (unpaired) electrons. The Labute approximate surface area is 267 Å². The smallest absolute Gasteiger partial charge is 0.247 e. The van der Waals surface area contributed by atoms with Crippen LogP contribution in [0.15, 0.2) is 103 Å². The third-order valence-corrected chi connectivity index (χ3v) is 8.75. The average molecular weight is 659 g/mol. The highest BCUT2D eigenvalue weighted by Crippen LogP contribution is 2.26. The van der Waals surface area contributed by atoms with Gasteiger partial charge in [-0.2, -0.15) is 4.31 Å². The molecule has 0 saturated heterocycles. The Morgan fingerprint density at radius 1 is 0.767 bits per heavy atom. The summed E-state index contributed by atoms with van der Waals surface area (Å²) >= 11 is 18.5. The van der Waals surface area contributed by atoms with Crippen LogP contribution < -0.4 is 5.32 Å². The van der Waals surface area contributed by atoms with Gasteiger partial charge >= 0.3 is 0 Å². The molecule has 0 aromatic heterocycles. The summed E-state index contributed by atoms with van der Waals surface area (Å²) in [5, 5.41) is 4.27. The standard InChI is InChI=1S/C32H30Cl3N3O4S/c1-43(41,42)37(20-23-8-4-2-5-9-23)22-30(39)38(21-24-12-15-27(33)16-13-24)31(25-10-6-3-7-11-25)32(40)36-19-26-14-17-28(34)18-29(26)35/h2-18,31H,19-22H2,1H3,(H,36,40)/t31-/m1/s1. The number of benzene rings is 4. The summed E-state index contributed by atoms with van der Waals surface area (Å²) in [4.78, 5) is 29.4. The van der Waals surface area contributed by atoms with E-state index in [1.165, 1.54) is 4.90 Å². The summed E-state index contributed by atoms with van der Waals surface area (Å²) in [5.41, 5.74) is 2.63. The van der Waals surface area contributed by atoms with Gasteiger partial charge in [-0.25, -0.2) is 8.42 Å². The van der Waals surface area contributed by atoms with Crippen molar-refractivity contribution in [2.75, 3.05) is 12.8 Å². The number of nitrogens with zero attached hydrogens (tertiary/aromatic N) is 2. The molecule has 4 aromatic carbocycles. The average Bonchev–Trinajstić information content (AvgIpc) is 2.97. The van der Waals surface area contributed by atoms with Gasteiger partial charge in [-0.3, -0.25) is 9.59 Å². The molecule has 0 bridgehead atoms. The zero-order chi connectivity index (χ0) is 31.0. The third-order valence-electron chi connectivity index (χ3n) is 6.71. The molecule has 0 spiro atoms. The number of amides is 2. The molecule has 0 saturated carbocycles. The molecule has 0 aliphatic heterocycles. The van der Waals surface area contributed by atoms with Gasteiger partial charge in [0.1, 0.15) is 6.04 Å². The minimum Gasteiger partial charge on any atom is -0.350 e. The van der Waals surface area contributed by atoms with Crippen molar-refractivity contribution in [2.45, 2.75) is 25.7 Å². The molecule has 11 heteroatoms. The second-order valence-electron chi connectivity index (χ2n) is 9.93. The Bertz CT molecular complexity index is 1650. The minimum atomic E-state index is -3.79. The highest BCUT2D eigenvalue weighted by Gasteiger charge is 2.33. The molecule has 0 fully saturated rings. The summed E-state index contributed by atoms with van der Waals surface area (Å²) in [5.74, 6) is -1.02. The van der Waals surface area contributed by atoms with Gasteiger partial charge in [0.05, 0.1) is 12.8 Å². The van der Waals surface area contributed by atoms with Gasteiger partial charge < -0.3 is 10.2 Å². The number of rotatable bonds is 12. The molecule has 2 amide bonds. The van der Waals surface area contributed by atoms with Crippen molar-refractivity contribution in [1.82, 2.24) is 14.5 Å². The molecule has 4 aromatic rings. The van der Waals surface area contributed by atoms with E-state index in [9.17, 15) is 18.0 Å². The predicted octanol–water partition coefficient (Wildman–Crippen LogP) is 6.49. The first-order chi connectivity index (χ1) is 20.5. The van der Waals surface area contributed by atoms with E-state index in [-0.39, 0.29) is 19.6 Å². The van der Waals surface area contributed by atoms with Crippen molar-refractivity contribution in [3.05, 3.63) is 140 Å². The van der Waals surface area contributed by atoms with Gasteiger partial charge in [-0.05, 0) is 46.5 Å². The van der Waals surface area contributed by atoms with Gasteiger partial charge in [0.15, 0.2) is 0 Å². The lowest BCUT2D eigenvalue weighted by Gasteiger charge is -2.33. The highest BCUT2D eigenvalue weighted by atomic mass is 35.5. The van der Waals surface area contributed by atoms with Crippen molar-refractivity contribution in [1.29, 1.82) is 0 Å². The molecule has 0 aliphatic rings. The van der Waals surface area contributed by atoms with Gasteiger partial charge in [0.25, 0.3) is 0 Å². The number of nitrogens with one attached hydrogen (secondary N) is 1. The molecule has 224 valence electrons. The SMILES string of the molecule is CS(=O)(=O)N(CC(=O)N(Cc1ccc(Cl)cc1)[C@@H](C(=O)NCc1ccc(Cl)cc1Cl)c1ccccc1)Cc1ccccc1. The molecule has 0 heterocycles. The van der Waals surface area contributed by atoms with Crippen molar-refractivity contribution >= 4 is 56.6 Å². The van der Waals surface area contributed by atoms with Crippen LogP contribution in [0.1, 0.15) is 28.3 Å². The van der Waals surface area contributed by atoms with Crippen LogP contribution in [0, 0.1) is 0 Å². The molecule has 1 N–H and O–H groups in total. The quantitative estimate of drug-likeness (QED) is 0.189. The lowest BCUT2D eigenvalue weighted by molar-refractivity contribution is -0.141. The fraction of sp³-hybridized carbons (Fsp3) is 0.188. The van der Waals surface area contributed by atoms with E-state index in [0.717, 1.165) is 16.1 Å².